The molecular weight excluding hydrogens is 360 g/mol. The number of hydrogen-bond donors (Lipinski definition) is 1. The molecule has 1 amide bonds. The molecule has 8 heteroatoms. The summed E-state index contributed by atoms with van der Waals surface area (Å²) < 4.78 is 33.3. The van der Waals surface area contributed by atoms with Gasteiger partial charge in [0.15, 0.2) is 0 Å². The summed E-state index contributed by atoms with van der Waals surface area (Å²) in [5.74, 6) is 0.676. The normalized spacial score (nSPS) is 14.1. The number of nitrogens with zero attached hydrogens (tertiary/aromatic N) is 1. The average Bonchev–Trinajstić information content (AvgIpc) is 3.05. The number of methoxy groups -OCH3 is 1. The minimum Gasteiger partial charge on any atom is -0.497 e. The third-order valence-electron chi connectivity index (χ3n) is 4.09. The van der Waals surface area contributed by atoms with Crippen LogP contribution in [0.4, 0.5) is 5.69 Å². The predicted molar refractivity (Wildman–Crippen MR) is 97.5 cm³/mol. The Bertz CT molecular complexity index is 890. The maximum Gasteiger partial charge on any atom is 0.271 e. The molecule has 1 aliphatic rings. The first kappa shape index (κ1) is 17.8. The first-order valence-corrected chi connectivity index (χ1v) is 10.3. The number of sulfonamides is 1. The van der Waals surface area contributed by atoms with Crippen molar-refractivity contribution in [2.45, 2.75) is 30.5 Å². The first-order valence-electron chi connectivity index (χ1n) is 7.99. The summed E-state index contributed by atoms with van der Waals surface area (Å²) >= 11 is 1.27. The number of carbonyl (C=O) groups excluding carboxylic acids is 1. The van der Waals surface area contributed by atoms with Crippen LogP contribution in [-0.2, 0) is 27.8 Å². The van der Waals surface area contributed by atoms with Crippen LogP contribution < -0.4 is 9.46 Å². The first-order chi connectivity index (χ1) is 11.9. The van der Waals surface area contributed by atoms with E-state index in [1.165, 1.54) is 18.4 Å². The molecule has 0 atom stereocenters. The van der Waals surface area contributed by atoms with E-state index in [2.05, 4.69) is 4.72 Å². The van der Waals surface area contributed by atoms with Crippen molar-refractivity contribution in [3.8, 4) is 5.75 Å². The van der Waals surface area contributed by atoms with Gasteiger partial charge in [0.25, 0.3) is 10.0 Å². The van der Waals surface area contributed by atoms with E-state index in [1.807, 2.05) is 6.92 Å². The molecule has 25 heavy (non-hydrogen) atoms. The van der Waals surface area contributed by atoms with Gasteiger partial charge in [-0.2, -0.15) is 0 Å². The van der Waals surface area contributed by atoms with Crippen LogP contribution in [-0.4, -0.2) is 32.9 Å². The quantitative estimate of drug-likeness (QED) is 0.865. The van der Waals surface area contributed by atoms with Gasteiger partial charge in [-0.05, 0) is 30.2 Å². The molecule has 0 aliphatic carbocycles. The molecule has 0 unspecified atom stereocenters. The van der Waals surface area contributed by atoms with Gasteiger partial charge in [0.05, 0.1) is 12.8 Å². The van der Waals surface area contributed by atoms with Crippen LogP contribution in [0.25, 0.3) is 0 Å². The van der Waals surface area contributed by atoms with Crippen molar-refractivity contribution in [1.29, 1.82) is 0 Å². The SMILES string of the molecule is CCC(=O)N1CCc2sc(S(=O)(=O)Nc3cccc(OC)c3)cc2C1. The van der Waals surface area contributed by atoms with Crippen LogP contribution in [0.3, 0.4) is 0 Å². The highest BCUT2D eigenvalue weighted by atomic mass is 32.2. The van der Waals surface area contributed by atoms with Crippen LogP contribution in [0.1, 0.15) is 23.8 Å². The van der Waals surface area contributed by atoms with E-state index in [1.54, 1.807) is 35.2 Å². The van der Waals surface area contributed by atoms with E-state index in [0.29, 0.717) is 37.4 Å². The molecular formula is C17H20N2O4S2. The topological polar surface area (TPSA) is 75.7 Å². The summed E-state index contributed by atoms with van der Waals surface area (Å²) in [6.07, 6.45) is 1.16. The molecule has 134 valence electrons. The van der Waals surface area contributed by atoms with E-state index >= 15 is 0 Å². The van der Waals surface area contributed by atoms with E-state index in [0.717, 1.165) is 10.4 Å². The second-order valence-electron chi connectivity index (χ2n) is 5.77. The lowest BCUT2D eigenvalue weighted by Gasteiger charge is -2.26. The number of carbonyl (C=O) groups is 1. The van der Waals surface area contributed by atoms with Gasteiger partial charge in [-0.3, -0.25) is 9.52 Å². The Morgan fingerprint density at radius 2 is 2.16 bits per heavy atom. The number of fused-ring (bicyclic) bond motifs is 1. The molecule has 0 radical (unpaired) electrons. The van der Waals surface area contributed by atoms with Crippen LogP contribution >= 0.6 is 11.3 Å². The Labute approximate surface area is 151 Å². The zero-order valence-corrected chi connectivity index (χ0v) is 15.7. The smallest absolute Gasteiger partial charge is 0.271 e. The molecule has 2 aromatic rings. The third-order valence-corrected chi connectivity index (χ3v) is 7.18. The van der Waals surface area contributed by atoms with E-state index in [4.69, 9.17) is 4.74 Å². The maximum atomic E-state index is 12.7. The van der Waals surface area contributed by atoms with Crippen LogP contribution in [0.5, 0.6) is 5.75 Å². The van der Waals surface area contributed by atoms with Gasteiger partial charge in [0.2, 0.25) is 5.91 Å². The number of amides is 1. The third kappa shape index (κ3) is 3.80. The van der Waals surface area contributed by atoms with Gasteiger partial charge in [0, 0.05) is 30.5 Å². The van der Waals surface area contributed by atoms with Crippen molar-refractivity contribution in [3.05, 3.63) is 40.8 Å². The predicted octanol–water partition coefficient (Wildman–Crippen LogP) is 2.85. The van der Waals surface area contributed by atoms with Crippen molar-refractivity contribution < 1.29 is 17.9 Å². The second-order valence-corrected chi connectivity index (χ2v) is 8.82. The summed E-state index contributed by atoms with van der Waals surface area (Å²) in [4.78, 5) is 14.7. The highest BCUT2D eigenvalue weighted by molar-refractivity contribution is 7.94. The molecule has 6 nitrogen and oxygen atoms in total. The van der Waals surface area contributed by atoms with Crippen molar-refractivity contribution in [2.75, 3.05) is 18.4 Å². The molecule has 1 aromatic heterocycles. The number of anilines is 1. The summed E-state index contributed by atoms with van der Waals surface area (Å²) in [6, 6.07) is 8.46. The summed E-state index contributed by atoms with van der Waals surface area (Å²) in [5.41, 5.74) is 1.37. The standard InChI is InChI=1S/C17H20N2O4S2/c1-3-16(20)19-8-7-15-12(11-19)9-17(24-15)25(21,22)18-13-5-4-6-14(10-13)23-2/h4-6,9-10,18H,3,7-8,11H2,1-2H3. The van der Waals surface area contributed by atoms with Gasteiger partial charge in [-0.25, -0.2) is 8.42 Å². The van der Waals surface area contributed by atoms with Crippen molar-refractivity contribution >= 4 is 33.0 Å². The Balaban J connectivity index is 1.82. The van der Waals surface area contributed by atoms with Gasteiger partial charge in [-0.15, -0.1) is 11.3 Å². The van der Waals surface area contributed by atoms with E-state index in [9.17, 15) is 13.2 Å². The summed E-state index contributed by atoms with van der Waals surface area (Å²) in [7, 11) is -2.13. The molecule has 0 bridgehead atoms. The number of ether oxygens (including phenoxy) is 1. The highest BCUT2D eigenvalue weighted by Crippen LogP contribution is 2.32. The molecule has 1 N–H and O–H groups in total. The van der Waals surface area contributed by atoms with Crippen LogP contribution in [0.15, 0.2) is 34.5 Å². The minimum absolute atomic E-state index is 0.0933. The number of nitrogens with one attached hydrogen (secondary N) is 1. The zero-order valence-electron chi connectivity index (χ0n) is 14.1. The minimum atomic E-state index is -3.67. The Morgan fingerprint density at radius 3 is 2.88 bits per heavy atom. The lowest BCUT2D eigenvalue weighted by molar-refractivity contribution is -0.131. The molecule has 1 aromatic carbocycles. The van der Waals surface area contributed by atoms with Gasteiger partial charge >= 0.3 is 0 Å². The lowest BCUT2D eigenvalue weighted by atomic mass is 10.1. The fourth-order valence-electron chi connectivity index (χ4n) is 2.77. The fourth-order valence-corrected chi connectivity index (χ4v) is 5.36. The molecule has 0 saturated carbocycles. The van der Waals surface area contributed by atoms with Crippen molar-refractivity contribution in [3.63, 3.8) is 0 Å². The van der Waals surface area contributed by atoms with Gasteiger partial charge in [-0.1, -0.05) is 13.0 Å². The Kier molecular flexibility index (Phi) is 5.01. The molecule has 1 aliphatic heterocycles. The van der Waals surface area contributed by atoms with Crippen LogP contribution in [0, 0.1) is 0 Å². The highest BCUT2D eigenvalue weighted by Gasteiger charge is 2.26. The monoisotopic (exact) mass is 380 g/mol. The second kappa shape index (κ2) is 7.05. The molecule has 2 heterocycles. The largest absolute Gasteiger partial charge is 0.497 e. The number of thiophene rings is 1. The summed E-state index contributed by atoms with van der Waals surface area (Å²) in [5, 5.41) is 0. The zero-order chi connectivity index (χ0) is 18.0. The Morgan fingerprint density at radius 1 is 1.36 bits per heavy atom. The average molecular weight is 380 g/mol. The molecule has 0 spiro atoms. The van der Waals surface area contributed by atoms with Crippen molar-refractivity contribution in [1.82, 2.24) is 4.90 Å². The van der Waals surface area contributed by atoms with E-state index < -0.39 is 10.0 Å². The van der Waals surface area contributed by atoms with E-state index in [-0.39, 0.29) is 10.1 Å². The van der Waals surface area contributed by atoms with Crippen LogP contribution in [0.2, 0.25) is 0 Å². The number of benzene rings is 1. The number of rotatable bonds is 5. The molecule has 3 rings (SSSR count). The van der Waals surface area contributed by atoms with Gasteiger partial charge in [0.1, 0.15) is 9.96 Å². The number of hydrogen-bond acceptors (Lipinski definition) is 5. The maximum absolute atomic E-state index is 12.7. The molecule has 0 fully saturated rings. The van der Waals surface area contributed by atoms with Gasteiger partial charge < -0.3 is 9.64 Å². The lowest BCUT2D eigenvalue weighted by Crippen LogP contribution is -2.34. The molecule has 0 saturated heterocycles. The Hall–Kier alpha value is -2.06. The fraction of sp³-hybridized carbons (Fsp3) is 0.353. The summed E-state index contributed by atoms with van der Waals surface area (Å²) in [6.45, 7) is 2.95. The van der Waals surface area contributed by atoms with Crippen molar-refractivity contribution in [2.24, 2.45) is 0 Å².